The number of benzene rings is 1. The summed E-state index contributed by atoms with van der Waals surface area (Å²) in [6.07, 6.45) is 1.43. The monoisotopic (exact) mass is 403 g/mol. The van der Waals surface area contributed by atoms with E-state index in [1.54, 1.807) is 19.2 Å². The van der Waals surface area contributed by atoms with Gasteiger partial charge in [-0.3, -0.25) is 18.7 Å². The van der Waals surface area contributed by atoms with Crippen molar-refractivity contribution in [3.8, 4) is 5.69 Å². The average molecular weight is 403 g/mol. The van der Waals surface area contributed by atoms with Gasteiger partial charge in [0.05, 0.1) is 17.3 Å². The fraction of sp³-hybridized carbons (Fsp3) is 0.182. The fourth-order valence-electron chi connectivity index (χ4n) is 3.57. The number of nitrogens with one attached hydrogen (secondary N) is 1. The molecule has 152 valence electrons. The molecule has 0 aliphatic rings. The van der Waals surface area contributed by atoms with E-state index in [0.717, 1.165) is 21.6 Å². The second kappa shape index (κ2) is 7.14. The molecule has 3 heterocycles. The number of aryl methyl sites for hydroxylation is 3. The Balaban J connectivity index is 1.63. The molecule has 0 aliphatic carbocycles. The van der Waals surface area contributed by atoms with Gasteiger partial charge < -0.3 is 9.88 Å². The van der Waals surface area contributed by atoms with Gasteiger partial charge in [-0.15, -0.1) is 0 Å². The van der Waals surface area contributed by atoms with Crippen LogP contribution in [0, 0.1) is 13.8 Å². The summed E-state index contributed by atoms with van der Waals surface area (Å²) in [5.74, 6) is -0.315. The Hall–Kier alpha value is -3.94. The molecule has 0 unspecified atom stereocenters. The number of aromatic nitrogens is 4. The van der Waals surface area contributed by atoms with Crippen molar-refractivity contribution in [3.63, 3.8) is 0 Å². The van der Waals surface area contributed by atoms with Gasteiger partial charge in [0.1, 0.15) is 5.65 Å². The number of carbonyl (C=O) groups is 1. The number of hydrogen-bond donors (Lipinski definition) is 1. The van der Waals surface area contributed by atoms with Crippen LogP contribution in [0.15, 0.2) is 58.3 Å². The summed E-state index contributed by atoms with van der Waals surface area (Å²) >= 11 is 0. The van der Waals surface area contributed by atoms with E-state index in [2.05, 4.69) is 14.9 Å². The minimum Gasteiger partial charge on any atom is -0.321 e. The highest BCUT2D eigenvalue weighted by Gasteiger charge is 2.13. The van der Waals surface area contributed by atoms with Gasteiger partial charge in [0.15, 0.2) is 0 Å². The molecule has 0 saturated heterocycles. The lowest BCUT2D eigenvalue weighted by Crippen LogP contribution is -2.37. The molecular weight excluding hydrogens is 382 g/mol. The third-order valence-corrected chi connectivity index (χ3v) is 5.21. The van der Waals surface area contributed by atoms with Crippen LogP contribution < -0.4 is 16.6 Å². The van der Waals surface area contributed by atoms with E-state index < -0.39 is 11.2 Å². The normalized spacial score (nSPS) is 11.1. The lowest BCUT2D eigenvalue weighted by Gasteiger charge is -2.11. The topological polar surface area (TPSA) is 90.9 Å². The zero-order valence-corrected chi connectivity index (χ0v) is 17.1. The van der Waals surface area contributed by atoms with Gasteiger partial charge in [0.2, 0.25) is 0 Å². The molecule has 0 aliphatic heterocycles. The minimum atomic E-state index is -0.460. The Morgan fingerprint density at radius 3 is 2.20 bits per heavy atom. The fourth-order valence-corrected chi connectivity index (χ4v) is 3.57. The number of pyridine rings is 1. The minimum absolute atomic E-state index is 0.256. The smallest absolute Gasteiger partial charge is 0.321 e. The Morgan fingerprint density at radius 2 is 1.57 bits per heavy atom. The lowest BCUT2D eigenvalue weighted by molar-refractivity contribution is 0.102. The van der Waals surface area contributed by atoms with Gasteiger partial charge in [-0.2, -0.15) is 0 Å². The van der Waals surface area contributed by atoms with Crippen LogP contribution in [-0.2, 0) is 14.1 Å². The molecule has 0 spiro atoms. The van der Waals surface area contributed by atoms with E-state index in [9.17, 15) is 14.4 Å². The van der Waals surface area contributed by atoms with Crippen LogP contribution in [0.1, 0.15) is 21.7 Å². The van der Waals surface area contributed by atoms with Crippen LogP contribution in [0.5, 0.6) is 0 Å². The van der Waals surface area contributed by atoms with Gasteiger partial charge in [-0.05, 0) is 56.3 Å². The molecular formula is C22H21N5O3. The molecule has 8 heteroatoms. The maximum Gasteiger partial charge on any atom is 0.332 e. The summed E-state index contributed by atoms with van der Waals surface area (Å²) in [4.78, 5) is 41.3. The van der Waals surface area contributed by atoms with Gasteiger partial charge in [-0.25, -0.2) is 9.78 Å². The van der Waals surface area contributed by atoms with Gasteiger partial charge >= 0.3 is 5.69 Å². The largest absolute Gasteiger partial charge is 0.332 e. The van der Waals surface area contributed by atoms with Crippen molar-refractivity contribution in [2.45, 2.75) is 13.8 Å². The van der Waals surface area contributed by atoms with Crippen molar-refractivity contribution in [2.24, 2.45) is 14.1 Å². The van der Waals surface area contributed by atoms with Crippen LogP contribution in [0.4, 0.5) is 5.69 Å². The molecule has 0 fully saturated rings. The highest BCUT2D eigenvalue weighted by atomic mass is 16.2. The second-order valence-corrected chi connectivity index (χ2v) is 7.25. The molecule has 0 atom stereocenters. The molecule has 4 aromatic rings. The zero-order valence-electron chi connectivity index (χ0n) is 17.1. The van der Waals surface area contributed by atoms with Crippen molar-refractivity contribution in [2.75, 3.05) is 5.32 Å². The molecule has 1 amide bonds. The number of carbonyl (C=O) groups excluding carboxylic acids is 1. The van der Waals surface area contributed by atoms with Gasteiger partial charge in [-0.1, -0.05) is 0 Å². The van der Waals surface area contributed by atoms with Crippen LogP contribution in [0.3, 0.4) is 0 Å². The number of amides is 1. The summed E-state index contributed by atoms with van der Waals surface area (Å²) in [7, 11) is 2.95. The van der Waals surface area contributed by atoms with Gasteiger partial charge in [0.25, 0.3) is 11.5 Å². The Kier molecular flexibility index (Phi) is 4.62. The maximum absolute atomic E-state index is 12.7. The summed E-state index contributed by atoms with van der Waals surface area (Å²) in [6, 6.07) is 12.9. The summed E-state index contributed by atoms with van der Waals surface area (Å²) in [6.45, 7) is 4.06. The van der Waals surface area contributed by atoms with E-state index in [-0.39, 0.29) is 16.9 Å². The molecule has 0 bridgehead atoms. The van der Waals surface area contributed by atoms with Crippen LogP contribution in [0.2, 0.25) is 0 Å². The second-order valence-electron chi connectivity index (χ2n) is 7.25. The highest BCUT2D eigenvalue weighted by molar-refractivity contribution is 6.04. The van der Waals surface area contributed by atoms with Crippen molar-refractivity contribution in [1.29, 1.82) is 0 Å². The van der Waals surface area contributed by atoms with E-state index in [0.29, 0.717) is 11.3 Å². The molecule has 0 saturated carbocycles. The Bertz CT molecular complexity index is 1390. The van der Waals surface area contributed by atoms with E-state index in [4.69, 9.17) is 0 Å². The van der Waals surface area contributed by atoms with E-state index in [1.165, 1.54) is 23.9 Å². The van der Waals surface area contributed by atoms with Crippen LogP contribution >= 0.6 is 0 Å². The molecule has 30 heavy (non-hydrogen) atoms. The van der Waals surface area contributed by atoms with E-state index >= 15 is 0 Å². The Labute approximate surface area is 172 Å². The zero-order chi connectivity index (χ0) is 21.6. The van der Waals surface area contributed by atoms with Crippen molar-refractivity contribution < 1.29 is 4.79 Å². The van der Waals surface area contributed by atoms with Crippen molar-refractivity contribution in [1.82, 2.24) is 18.7 Å². The number of fused-ring (bicyclic) bond motifs is 1. The molecule has 1 N–H and O–H groups in total. The molecule has 8 nitrogen and oxygen atoms in total. The average Bonchev–Trinajstić information content (AvgIpc) is 3.08. The summed E-state index contributed by atoms with van der Waals surface area (Å²) in [5, 5.41) is 3.02. The lowest BCUT2D eigenvalue weighted by atomic mass is 10.2. The summed E-state index contributed by atoms with van der Waals surface area (Å²) < 4.78 is 4.42. The van der Waals surface area contributed by atoms with Crippen LogP contribution in [0.25, 0.3) is 16.7 Å². The third kappa shape index (κ3) is 3.12. The summed E-state index contributed by atoms with van der Waals surface area (Å²) in [5.41, 5.74) is 3.42. The van der Waals surface area contributed by atoms with Crippen LogP contribution in [-0.4, -0.2) is 24.6 Å². The first-order valence-corrected chi connectivity index (χ1v) is 9.40. The number of rotatable bonds is 3. The first-order valence-electron chi connectivity index (χ1n) is 9.40. The number of hydrogen-bond acceptors (Lipinski definition) is 4. The molecule has 4 rings (SSSR count). The first-order chi connectivity index (χ1) is 14.3. The highest BCUT2D eigenvalue weighted by Crippen LogP contribution is 2.18. The first kappa shape index (κ1) is 19.4. The third-order valence-electron chi connectivity index (χ3n) is 5.21. The number of anilines is 1. The van der Waals surface area contributed by atoms with Crippen molar-refractivity contribution >= 4 is 22.6 Å². The predicted octanol–water partition coefficient (Wildman–Crippen LogP) is 2.29. The predicted molar refractivity (Wildman–Crippen MR) is 115 cm³/mol. The quantitative estimate of drug-likeness (QED) is 0.568. The SMILES string of the molecule is Cc1ccc(C)n1-c1ccc(C(=O)Nc2cnc3c(c2)c(=O)n(C)c(=O)n3C)cc1. The molecule has 3 aromatic heterocycles. The molecule has 1 aromatic carbocycles. The number of nitrogens with zero attached hydrogens (tertiary/aromatic N) is 4. The maximum atomic E-state index is 12.7. The van der Waals surface area contributed by atoms with E-state index in [1.807, 2.05) is 38.1 Å². The molecule has 0 radical (unpaired) electrons. The van der Waals surface area contributed by atoms with Gasteiger partial charge in [0, 0.05) is 36.7 Å². The Morgan fingerprint density at radius 1 is 0.933 bits per heavy atom. The standard InChI is InChI=1S/C22H21N5O3/c1-13-5-6-14(2)27(13)17-9-7-15(8-10-17)20(28)24-16-11-18-19(23-12-16)25(3)22(30)26(4)21(18)29/h5-12H,1-4H3,(H,24,28). The van der Waals surface area contributed by atoms with Crippen molar-refractivity contribution in [3.05, 3.63) is 86.5 Å².